The number of rotatable bonds is 2. The third kappa shape index (κ3) is 3.13. The second-order valence-electron chi connectivity index (χ2n) is 8.34. The van der Waals surface area contributed by atoms with Crippen molar-refractivity contribution in [3.8, 4) is 0 Å². The topological polar surface area (TPSA) is 57.7 Å². The van der Waals surface area contributed by atoms with Crippen LogP contribution in [0.1, 0.15) is 36.1 Å². The average Bonchev–Trinajstić information content (AvgIpc) is 3.60. The van der Waals surface area contributed by atoms with Crippen molar-refractivity contribution in [2.24, 2.45) is 4.99 Å². The lowest BCUT2D eigenvalue weighted by molar-refractivity contribution is -0.113. The molecular formula is C25H23N3O2S. The first-order chi connectivity index (χ1) is 15.2. The summed E-state index contributed by atoms with van der Waals surface area (Å²) in [6, 6.07) is 12.5. The molecule has 0 saturated carbocycles. The number of fused-ring (bicyclic) bond motifs is 2. The number of aliphatic imine (C=N–C) groups is 1. The lowest BCUT2D eigenvalue weighted by atomic mass is 9.84. The van der Waals surface area contributed by atoms with Gasteiger partial charge in [0, 0.05) is 30.6 Å². The third-order valence-corrected chi connectivity index (χ3v) is 7.74. The fourth-order valence-electron chi connectivity index (χ4n) is 5.01. The maximum Gasteiger partial charge on any atom is 0.286 e. The Morgan fingerprint density at radius 1 is 1.16 bits per heavy atom. The van der Waals surface area contributed by atoms with Crippen LogP contribution in [0.3, 0.4) is 0 Å². The van der Waals surface area contributed by atoms with Gasteiger partial charge in [-0.05, 0) is 59.9 Å². The molecule has 1 aromatic heterocycles. The molecule has 0 bridgehead atoms. The second kappa shape index (κ2) is 7.39. The molecule has 4 heterocycles. The van der Waals surface area contributed by atoms with E-state index in [-0.39, 0.29) is 11.5 Å². The minimum absolute atomic E-state index is 0.139. The molecule has 1 fully saturated rings. The van der Waals surface area contributed by atoms with Crippen LogP contribution in [0.4, 0.5) is 0 Å². The summed E-state index contributed by atoms with van der Waals surface area (Å²) in [5.41, 5.74) is 5.56. The molecule has 156 valence electrons. The third-order valence-electron chi connectivity index (χ3n) is 6.63. The molecular weight excluding hydrogens is 406 g/mol. The number of H-pyrrole nitrogens is 1. The van der Waals surface area contributed by atoms with Gasteiger partial charge in [0.15, 0.2) is 5.17 Å². The maximum atomic E-state index is 13.0. The number of amidine groups is 1. The van der Waals surface area contributed by atoms with E-state index in [1.807, 2.05) is 24.4 Å². The van der Waals surface area contributed by atoms with E-state index in [0.717, 1.165) is 59.3 Å². The summed E-state index contributed by atoms with van der Waals surface area (Å²) in [6.45, 7) is 2.37. The number of ether oxygens (including phenoxy) is 1. The van der Waals surface area contributed by atoms with Gasteiger partial charge in [0.25, 0.3) is 5.91 Å². The van der Waals surface area contributed by atoms with Crippen molar-refractivity contribution >= 4 is 28.4 Å². The highest BCUT2D eigenvalue weighted by molar-refractivity contribution is 8.18. The zero-order chi connectivity index (χ0) is 20.8. The number of hydrogen-bond donors (Lipinski definition) is 1. The zero-order valence-electron chi connectivity index (χ0n) is 17.1. The van der Waals surface area contributed by atoms with Crippen molar-refractivity contribution in [1.82, 2.24) is 9.88 Å². The highest BCUT2D eigenvalue weighted by atomic mass is 32.2. The van der Waals surface area contributed by atoms with Crippen LogP contribution in [0.5, 0.6) is 0 Å². The number of likely N-dealkylation sites (tertiary alicyclic amines) is 1. The summed E-state index contributed by atoms with van der Waals surface area (Å²) >= 11 is 1.51. The first-order valence-corrected chi connectivity index (χ1v) is 11.6. The van der Waals surface area contributed by atoms with E-state index >= 15 is 0 Å². The van der Waals surface area contributed by atoms with Crippen LogP contribution < -0.4 is 0 Å². The summed E-state index contributed by atoms with van der Waals surface area (Å²) in [7, 11) is 0. The molecule has 1 spiro atoms. The Kier molecular flexibility index (Phi) is 4.51. The number of nitrogens with one attached hydrogen (secondary N) is 1. The van der Waals surface area contributed by atoms with Gasteiger partial charge in [0.05, 0.1) is 17.1 Å². The van der Waals surface area contributed by atoms with E-state index in [0.29, 0.717) is 6.61 Å². The quantitative estimate of drug-likeness (QED) is 0.699. The molecule has 0 radical (unpaired) electrons. The molecule has 1 aromatic carbocycles. The Labute approximate surface area is 185 Å². The van der Waals surface area contributed by atoms with Crippen molar-refractivity contribution in [3.63, 3.8) is 0 Å². The number of aromatic amines is 1. The average molecular weight is 430 g/mol. The number of nitrogens with zero attached hydrogens (tertiary/aromatic N) is 2. The predicted molar refractivity (Wildman–Crippen MR) is 123 cm³/mol. The Hall–Kier alpha value is -2.83. The number of piperidine rings is 1. The number of aromatic nitrogens is 1. The van der Waals surface area contributed by atoms with Crippen LogP contribution in [-0.2, 0) is 21.7 Å². The minimum atomic E-state index is -0.185. The molecule has 1 amide bonds. The van der Waals surface area contributed by atoms with Crippen molar-refractivity contribution in [2.75, 3.05) is 13.1 Å². The Morgan fingerprint density at radius 3 is 2.81 bits per heavy atom. The van der Waals surface area contributed by atoms with E-state index in [1.165, 1.54) is 22.9 Å². The van der Waals surface area contributed by atoms with Gasteiger partial charge in [-0.2, -0.15) is 4.99 Å². The number of amides is 1. The van der Waals surface area contributed by atoms with Gasteiger partial charge >= 0.3 is 0 Å². The van der Waals surface area contributed by atoms with E-state index in [4.69, 9.17) is 4.74 Å². The summed E-state index contributed by atoms with van der Waals surface area (Å²) in [6.07, 6.45) is 10.8. The van der Waals surface area contributed by atoms with E-state index < -0.39 is 0 Å². The van der Waals surface area contributed by atoms with Crippen molar-refractivity contribution < 1.29 is 9.53 Å². The number of allylic oxidation sites excluding steroid dienone is 5. The van der Waals surface area contributed by atoms with Gasteiger partial charge in [-0.15, -0.1) is 0 Å². The predicted octanol–water partition coefficient (Wildman–Crippen LogP) is 4.76. The van der Waals surface area contributed by atoms with Crippen molar-refractivity contribution in [3.05, 3.63) is 88.1 Å². The molecule has 6 rings (SSSR count). The lowest BCUT2D eigenvalue weighted by Gasteiger charge is -2.39. The van der Waals surface area contributed by atoms with Crippen LogP contribution in [0.15, 0.2) is 76.3 Å². The Balaban J connectivity index is 1.24. The van der Waals surface area contributed by atoms with E-state index in [9.17, 15) is 4.79 Å². The Morgan fingerprint density at radius 2 is 2.03 bits per heavy atom. The summed E-state index contributed by atoms with van der Waals surface area (Å²) in [5.74, 6) is -0.139. The number of carbonyl (C=O) groups is 1. The maximum absolute atomic E-state index is 13.0. The normalized spacial score (nSPS) is 23.4. The van der Waals surface area contributed by atoms with Gasteiger partial charge in [-0.1, -0.05) is 42.5 Å². The molecule has 0 unspecified atom stereocenters. The lowest BCUT2D eigenvalue weighted by Crippen LogP contribution is -2.44. The van der Waals surface area contributed by atoms with Crippen LogP contribution in [0, 0.1) is 0 Å². The van der Waals surface area contributed by atoms with Gasteiger partial charge in [-0.25, -0.2) is 0 Å². The van der Waals surface area contributed by atoms with Crippen LogP contribution in [-0.4, -0.2) is 34.0 Å². The molecule has 31 heavy (non-hydrogen) atoms. The van der Waals surface area contributed by atoms with Crippen LogP contribution >= 0.6 is 11.8 Å². The van der Waals surface area contributed by atoms with E-state index in [1.54, 1.807) is 0 Å². The van der Waals surface area contributed by atoms with Crippen molar-refractivity contribution in [2.45, 2.75) is 31.5 Å². The summed E-state index contributed by atoms with van der Waals surface area (Å²) in [5, 5.41) is 0.816. The monoisotopic (exact) mass is 429 g/mol. The number of hydrogen-bond acceptors (Lipinski definition) is 4. The fourth-order valence-corrected chi connectivity index (χ4v) is 6.10. The second-order valence-corrected chi connectivity index (χ2v) is 9.32. The van der Waals surface area contributed by atoms with Gasteiger partial charge in [0.1, 0.15) is 0 Å². The minimum Gasteiger partial charge on any atom is -0.365 e. The Bertz CT molecular complexity index is 1170. The molecule has 3 aliphatic heterocycles. The van der Waals surface area contributed by atoms with Crippen molar-refractivity contribution in [1.29, 1.82) is 0 Å². The SMILES string of the molecule is O=C1N=C(N2CCC3(CC2)OCc2ccccc23)S/C1=C(\C1=CC=CC1)c1ccc[nH]1. The molecule has 1 aliphatic carbocycles. The van der Waals surface area contributed by atoms with Crippen LogP contribution in [0.25, 0.3) is 5.57 Å². The number of thioether (sulfide) groups is 1. The largest absolute Gasteiger partial charge is 0.365 e. The summed E-state index contributed by atoms with van der Waals surface area (Å²) < 4.78 is 6.29. The molecule has 1 N–H and O–H groups in total. The van der Waals surface area contributed by atoms with Crippen LogP contribution in [0.2, 0.25) is 0 Å². The van der Waals surface area contributed by atoms with Gasteiger partial charge in [-0.3, -0.25) is 4.79 Å². The fraction of sp³-hybridized carbons (Fsp3) is 0.280. The zero-order valence-corrected chi connectivity index (χ0v) is 18.0. The number of benzene rings is 1. The molecule has 6 heteroatoms. The molecule has 5 nitrogen and oxygen atoms in total. The highest BCUT2D eigenvalue weighted by Gasteiger charge is 2.43. The first-order valence-electron chi connectivity index (χ1n) is 10.8. The molecule has 2 aromatic rings. The van der Waals surface area contributed by atoms with E-state index in [2.05, 4.69) is 51.3 Å². The molecule has 0 atom stereocenters. The van der Waals surface area contributed by atoms with Gasteiger partial charge < -0.3 is 14.6 Å². The first kappa shape index (κ1) is 18.9. The molecule has 4 aliphatic rings. The van der Waals surface area contributed by atoms with Gasteiger partial charge in [0.2, 0.25) is 0 Å². The summed E-state index contributed by atoms with van der Waals surface area (Å²) in [4.78, 5) is 23.7. The highest BCUT2D eigenvalue weighted by Crippen LogP contribution is 2.46. The smallest absolute Gasteiger partial charge is 0.286 e. The standard InChI is InChI=1S/C25H23N3O2S/c29-23-22(21(17-6-1-2-7-17)20-10-5-13-26-20)31-24(27-23)28-14-11-25(12-15-28)19-9-4-3-8-18(19)16-30-25/h1-6,8-10,13,26H,7,11-12,14-16H2/b22-21+. The number of carbonyl (C=O) groups excluding carboxylic acids is 1. The molecule has 1 saturated heterocycles.